The Morgan fingerprint density at radius 3 is 2.65 bits per heavy atom. The zero-order valence-electron chi connectivity index (χ0n) is 12.4. The van der Waals surface area contributed by atoms with Crippen LogP contribution in [-0.2, 0) is 4.74 Å². The highest BCUT2D eigenvalue weighted by Crippen LogP contribution is 2.23. The van der Waals surface area contributed by atoms with Crippen molar-refractivity contribution in [3.8, 4) is 0 Å². The highest BCUT2D eigenvalue weighted by molar-refractivity contribution is 5.93. The van der Waals surface area contributed by atoms with Crippen LogP contribution in [0.15, 0.2) is 12.4 Å². The van der Waals surface area contributed by atoms with Crippen molar-refractivity contribution in [2.75, 3.05) is 13.1 Å². The van der Waals surface area contributed by atoms with Gasteiger partial charge in [0.1, 0.15) is 5.60 Å². The zero-order chi connectivity index (χ0) is 14.9. The normalized spacial score (nSPS) is 19.2. The van der Waals surface area contributed by atoms with Gasteiger partial charge in [0.2, 0.25) is 0 Å². The quantitative estimate of drug-likeness (QED) is 0.779. The minimum absolute atomic E-state index is 0.00162. The van der Waals surface area contributed by atoms with Gasteiger partial charge in [0.05, 0.1) is 17.8 Å². The van der Waals surface area contributed by atoms with Crippen LogP contribution in [0.3, 0.4) is 0 Å². The van der Waals surface area contributed by atoms with E-state index in [1.54, 1.807) is 22.0 Å². The van der Waals surface area contributed by atoms with Crippen molar-refractivity contribution in [3.05, 3.63) is 18.0 Å². The van der Waals surface area contributed by atoms with E-state index in [1.165, 1.54) is 6.92 Å². The molecule has 0 bridgehead atoms. The van der Waals surface area contributed by atoms with Gasteiger partial charge in [0.15, 0.2) is 5.78 Å². The van der Waals surface area contributed by atoms with Gasteiger partial charge in [-0.15, -0.1) is 0 Å². The number of carbonyl (C=O) groups excluding carboxylic acids is 2. The van der Waals surface area contributed by atoms with Crippen LogP contribution in [-0.4, -0.2) is 45.2 Å². The highest BCUT2D eigenvalue weighted by Gasteiger charge is 2.31. The lowest BCUT2D eigenvalue weighted by Gasteiger charge is -2.24. The summed E-state index contributed by atoms with van der Waals surface area (Å²) in [6.07, 6.45) is 3.83. The van der Waals surface area contributed by atoms with Gasteiger partial charge in [0.25, 0.3) is 0 Å². The fraction of sp³-hybridized carbons (Fsp3) is 0.643. The summed E-state index contributed by atoms with van der Waals surface area (Å²) in [6, 6.07) is 0.107. The molecule has 1 aromatic rings. The molecule has 110 valence electrons. The Hall–Kier alpha value is -1.85. The van der Waals surface area contributed by atoms with Gasteiger partial charge in [-0.25, -0.2) is 4.79 Å². The molecule has 0 aromatic carbocycles. The molecular weight excluding hydrogens is 258 g/mol. The summed E-state index contributed by atoms with van der Waals surface area (Å²) in [5.74, 6) is -0.00162. The maximum absolute atomic E-state index is 12.0. The van der Waals surface area contributed by atoms with E-state index >= 15 is 0 Å². The number of likely N-dealkylation sites (tertiary alicyclic amines) is 1. The van der Waals surface area contributed by atoms with Crippen molar-refractivity contribution in [2.24, 2.45) is 0 Å². The molecule has 0 N–H and O–H groups in total. The second-order valence-corrected chi connectivity index (χ2v) is 6.13. The van der Waals surface area contributed by atoms with Crippen LogP contribution in [0.5, 0.6) is 0 Å². The van der Waals surface area contributed by atoms with Gasteiger partial charge in [-0.1, -0.05) is 0 Å². The Morgan fingerprint density at radius 2 is 2.10 bits per heavy atom. The molecule has 1 saturated heterocycles. The average molecular weight is 279 g/mol. The summed E-state index contributed by atoms with van der Waals surface area (Å²) in [5, 5.41) is 4.20. The number of ether oxygens (including phenoxy) is 1. The number of carbonyl (C=O) groups is 2. The standard InChI is InChI=1S/C14H21N3O3/c1-10(18)11-7-15-17(8-11)12-5-6-16(9-12)13(19)20-14(2,3)4/h7-8,12H,5-6,9H2,1-4H3. The van der Waals surface area contributed by atoms with Crippen LogP contribution in [0.25, 0.3) is 0 Å². The molecule has 1 aromatic heterocycles. The van der Waals surface area contributed by atoms with E-state index in [0.29, 0.717) is 18.7 Å². The number of aromatic nitrogens is 2. The van der Waals surface area contributed by atoms with Crippen molar-refractivity contribution < 1.29 is 14.3 Å². The first kappa shape index (κ1) is 14.6. The molecule has 2 heterocycles. The van der Waals surface area contributed by atoms with Crippen molar-refractivity contribution in [2.45, 2.75) is 45.8 Å². The van der Waals surface area contributed by atoms with Gasteiger partial charge in [-0.2, -0.15) is 5.10 Å². The van der Waals surface area contributed by atoms with E-state index in [0.717, 1.165) is 6.42 Å². The number of Topliss-reactive ketones (excluding diaryl/α,β-unsaturated/α-hetero) is 1. The summed E-state index contributed by atoms with van der Waals surface area (Å²) in [4.78, 5) is 24.9. The van der Waals surface area contributed by atoms with Gasteiger partial charge < -0.3 is 9.64 Å². The maximum atomic E-state index is 12.0. The predicted molar refractivity (Wildman–Crippen MR) is 73.7 cm³/mol. The molecule has 6 heteroatoms. The average Bonchev–Trinajstić information content (AvgIpc) is 2.95. The molecule has 1 aliphatic heterocycles. The Bertz CT molecular complexity index is 516. The van der Waals surface area contributed by atoms with E-state index in [9.17, 15) is 9.59 Å². The second kappa shape index (κ2) is 5.26. The smallest absolute Gasteiger partial charge is 0.410 e. The first-order chi connectivity index (χ1) is 9.26. The Kier molecular flexibility index (Phi) is 3.83. The largest absolute Gasteiger partial charge is 0.444 e. The molecule has 1 unspecified atom stereocenters. The van der Waals surface area contributed by atoms with E-state index in [-0.39, 0.29) is 17.9 Å². The van der Waals surface area contributed by atoms with Crippen LogP contribution >= 0.6 is 0 Å². The minimum Gasteiger partial charge on any atom is -0.444 e. The number of amides is 1. The number of hydrogen-bond donors (Lipinski definition) is 0. The fourth-order valence-corrected chi connectivity index (χ4v) is 2.17. The monoisotopic (exact) mass is 279 g/mol. The number of rotatable bonds is 2. The minimum atomic E-state index is -0.483. The molecule has 20 heavy (non-hydrogen) atoms. The van der Waals surface area contributed by atoms with E-state index in [2.05, 4.69) is 5.10 Å². The van der Waals surface area contributed by atoms with Gasteiger partial charge in [-0.3, -0.25) is 9.48 Å². The summed E-state index contributed by atoms with van der Waals surface area (Å²) >= 11 is 0. The number of ketones is 1. The predicted octanol–water partition coefficient (Wildman–Crippen LogP) is 2.27. The van der Waals surface area contributed by atoms with Crippen LogP contribution in [0.4, 0.5) is 4.79 Å². The Labute approximate surface area is 118 Å². The first-order valence-electron chi connectivity index (χ1n) is 6.79. The third-order valence-electron chi connectivity index (χ3n) is 3.20. The van der Waals surface area contributed by atoms with Crippen molar-refractivity contribution in [1.29, 1.82) is 0 Å². The van der Waals surface area contributed by atoms with Crippen molar-refractivity contribution >= 4 is 11.9 Å². The third kappa shape index (κ3) is 3.37. The lowest BCUT2D eigenvalue weighted by Crippen LogP contribution is -2.35. The molecule has 0 radical (unpaired) electrons. The molecule has 1 fully saturated rings. The Morgan fingerprint density at radius 1 is 1.40 bits per heavy atom. The molecule has 1 amide bonds. The molecule has 2 rings (SSSR count). The highest BCUT2D eigenvalue weighted by atomic mass is 16.6. The number of nitrogens with zero attached hydrogens (tertiary/aromatic N) is 3. The first-order valence-corrected chi connectivity index (χ1v) is 6.79. The maximum Gasteiger partial charge on any atom is 0.410 e. The van der Waals surface area contributed by atoms with Crippen molar-refractivity contribution in [1.82, 2.24) is 14.7 Å². The SMILES string of the molecule is CC(=O)c1cnn(C2CCN(C(=O)OC(C)(C)C)C2)c1. The zero-order valence-corrected chi connectivity index (χ0v) is 12.4. The van der Waals surface area contributed by atoms with Crippen LogP contribution in [0.2, 0.25) is 0 Å². The number of hydrogen-bond acceptors (Lipinski definition) is 4. The molecule has 6 nitrogen and oxygen atoms in total. The molecular formula is C14H21N3O3. The van der Waals surface area contributed by atoms with Crippen LogP contribution in [0, 0.1) is 0 Å². The molecule has 0 saturated carbocycles. The van der Waals surface area contributed by atoms with Crippen molar-refractivity contribution in [3.63, 3.8) is 0 Å². The molecule has 1 atom stereocenters. The summed E-state index contributed by atoms with van der Waals surface area (Å²) in [5.41, 5.74) is 0.114. The Balaban J connectivity index is 1.98. The van der Waals surface area contributed by atoms with Gasteiger partial charge >= 0.3 is 6.09 Å². The summed E-state index contributed by atoms with van der Waals surface area (Å²) in [7, 11) is 0. The van der Waals surface area contributed by atoms with Crippen LogP contribution in [0.1, 0.15) is 50.5 Å². The molecule has 1 aliphatic rings. The van der Waals surface area contributed by atoms with E-state index in [1.807, 2.05) is 20.8 Å². The lowest BCUT2D eigenvalue weighted by molar-refractivity contribution is 0.0288. The van der Waals surface area contributed by atoms with Crippen LogP contribution < -0.4 is 0 Å². The van der Waals surface area contributed by atoms with E-state index < -0.39 is 5.60 Å². The second-order valence-electron chi connectivity index (χ2n) is 6.13. The topological polar surface area (TPSA) is 64.4 Å². The lowest BCUT2D eigenvalue weighted by atomic mass is 10.2. The van der Waals surface area contributed by atoms with Gasteiger partial charge in [0, 0.05) is 19.3 Å². The molecule has 0 aliphatic carbocycles. The fourth-order valence-electron chi connectivity index (χ4n) is 2.17. The molecule has 0 spiro atoms. The summed E-state index contributed by atoms with van der Waals surface area (Å²) in [6.45, 7) is 8.28. The van der Waals surface area contributed by atoms with E-state index in [4.69, 9.17) is 4.74 Å². The third-order valence-corrected chi connectivity index (χ3v) is 3.20. The van der Waals surface area contributed by atoms with Gasteiger partial charge in [-0.05, 0) is 34.1 Å². The summed E-state index contributed by atoms with van der Waals surface area (Å²) < 4.78 is 7.12.